The molecule has 1 spiro atoms. The van der Waals surface area contributed by atoms with Gasteiger partial charge in [-0.1, -0.05) is 48.4 Å². The van der Waals surface area contributed by atoms with Gasteiger partial charge in [-0.2, -0.15) is 9.97 Å². The predicted octanol–water partition coefficient (Wildman–Crippen LogP) is 9.89. The van der Waals surface area contributed by atoms with Crippen LogP contribution in [0, 0.1) is 40.7 Å². The molecular weight excluding hydrogens is 1080 g/mol. The minimum atomic E-state index is -0.642. The predicted molar refractivity (Wildman–Crippen MR) is 322 cm³/mol. The number of ether oxygens (including phenoxy) is 3. The van der Waals surface area contributed by atoms with E-state index in [2.05, 4.69) is 55.5 Å². The van der Waals surface area contributed by atoms with Gasteiger partial charge in [-0.05, 0) is 154 Å². The molecule has 0 saturated carbocycles. The van der Waals surface area contributed by atoms with E-state index in [0.29, 0.717) is 110 Å². The van der Waals surface area contributed by atoms with Crippen molar-refractivity contribution in [2.75, 3.05) is 87.9 Å². The molecule has 16 nitrogen and oxygen atoms in total. The molecule has 2 aromatic heterocycles. The molecule has 0 radical (unpaired) electrons. The summed E-state index contributed by atoms with van der Waals surface area (Å²) in [6.45, 7) is 6.43. The Labute approximate surface area is 493 Å². The van der Waals surface area contributed by atoms with Crippen LogP contribution < -0.4 is 25.2 Å². The fourth-order valence-corrected chi connectivity index (χ4v) is 15.8. The quantitative estimate of drug-likeness (QED) is 0.0635. The fourth-order valence-electron chi connectivity index (χ4n) is 15.8. The van der Waals surface area contributed by atoms with Gasteiger partial charge < -0.3 is 39.6 Å². The summed E-state index contributed by atoms with van der Waals surface area (Å²) in [7, 11) is 1.84. The zero-order valence-electron chi connectivity index (χ0n) is 48.3. The van der Waals surface area contributed by atoms with E-state index in [-0.39, 0.29) is 70.0 Å². The molecule has 85 heavy (non-hydrogen) atoms. The summed E-state index contributed by atoms with van der Waals surface area (Å²) >= 11 is 0. The number of aryl methyl sites for hydroxylation is 1. The van der Waals surface area contributed by atoms with Crippen molar-refractivity contribution >= 4 is 62.5 Å². The number of hydrogen-bond acceptors (Lipinski definition) is 14. The van der Waals surface area contributed by atoms with Crippen LogP contribution in [0.1, 0.15) is 116 Å². The van der Waals surface area contributed by atoms with Crippen molar-refractivity contribution in [3.63, 3.8) is 0 Å². The molecule has 6 aromatic rings. The monoisotopic (exact) mass is 1150 g/mol. The molecule has 3 N–H and O–H groups in total. The molecule has 4 aromatic carbocycles. The summed E-state index contributed by atoms with van der Waals surface area (Å²) in [6, 6.07) is 21.7. The molecule has 9 heterocycles. The first-order chi connectivity index (χ1) is 41.4. The second kappa shape index (κ2) is 22.3. The van der Waals surface area contributed by atoms with Crippen LogP contribution in [0.25, 0.3) is 32.9 Å². The van der Waals surface area contributed by atoms with Gasteiger partial charge in [0.05, 0.1) is 46.5 Å². The maximum atomic E-state index is 17.5. The van der Waals surface area contributed by atoms with Gasteiger partial charge in [-0.3, -0.25) is 19.8 Å². The number of benzene rings is 4. The van der Waals surface area contributed by atoms with Crippen molar-refractivity contribution in [1.29, 1.82) is 5.41 Å². The SMILES string of the molecule is C#Cc1c(F)ccc2cccc(-c3nc4c5c(nc(OC[C@@]67CCCN6[C@H](COC(=O)N6CCC8(CC6)Cc6ccc(C9CCN(c%10ccc(C(=N)C%11CCC(=O)NC%11=O)c(NC)c%10)CC9)cc6C8)CC7)nc5c3F)N3CCCOC[C@@H]3CC4)c12. The van der Waals surface area contributed by atoms with Crippen LogP contribution in [0.5, 0.6) is 6.01 Å². The van der Waals surface area contributed by atoms with E-state index in [4.69, 9.17) is 41.0 Å². The van der Waals surface area contributed by atoms with Gasteiger partial charge in [-0.15, -0.1) is 6.42 Å². The van der Waals surface area contributed by atoms with Crippen LogP contribution in [0.2, 0.25) is 0 Å². The smallest absolute Gasteiger partial charge is 0.409 e. The van der Waals surface area contributed by atoms with Crippen LogP contribution in [0.15, 0.2) is 66.7 Å². The number of piperidine rings is 3. The lowest BCUT2D eigenvalue weighted by atomic mass is 9.76. The summed E-state index contributed by atoms with van der Waals surface area (Å²) in [4.78, 5) is 62.1. The molecule has 3 amide bonds. The molecule has 18 heteroatoms. The van der Waals surface area contributed by atoms with Crippen LogP contribution in [-0.2, 0) is 38.3 Å². The maximum absolute atomic E-state index is 17.5. The summed E-state index contributed by atoms with van der Waals surface area (Å²) in [6.07, 6.45) is 17.8. The Balaban J connectivity index is 0.601. The number of aromatic nitrogens is 3. The highest BCUT2D eigenvalue weighted by Gasteiger charge is 2.51. The van der Waals surface area contributed by atoms with E-state index in [1.165, 1.54) is 22.8 Å². The maximum Gasteiger partial charge on any atom is 0.409 e. The number of hydrogen-bond donors (Lipinski definition) is 3. The molecule has 7 aliphatic heterocycles. The molecule has 6 saturated heterocycles. The Bertz CT molecular complexity index is 3740. The van der Waals surface area contributed by atoms with Crippen molar-refractivity contribution < 1.29 is 37.4 Å². The number of fused-ring (bicyclic) bond motifs is 5. The summed E-state index contributed by atoms with van der Waals surface area (Å²) in [5, 5.41) is 16.1. The van der Waals surface area contributed by atoms with Crippen molar-refractivity contribution in [3.05, 3.63) is 112 Å². The Kier molecular flexibility index (Phi) is 14.4. The van der Waals surface area contributed by atoms with E-state index >= 15 is 8.78 Å². The van der Waals surface area contributed by atoms with Crippen molar-refractivity contribution in [3.8, 4) is 29.6 Å². The second-order valence-electron chi connectivity index (χ2n) is 25.2. The Morgan fingerprint density at radius 3 is 2.55 bits per heavy atom. The number of halogens is 2. The first kappa shape index (κ1) is 55.1. The third kappa shape index (κ3) is 9.98. The highest BCUT2D eigenvalue weighted by Crippen LogP contribution is 2.48. The molecule has 0 bridgehead atoms. The number of carbonyl (C=O) groups is 3. The number of nitrogens with zero attached hydrogens (tertiary/aromatic N) is 7. The third-order valence-corrected chi connectivity index (χ3v) is 20.5. The fraction of sp³-hybridized carbons (Fsp3) is 0.478. The van der Waals surface area contributed by atoms with E-state index in [1.54, 1.807) is 18.2 Å². The van der Waals surface area contributed by atoms with Gasteiger partial charge in [0.2, 0.25) is 11.8 Å². The Hall–Kier alpha value is -7.75. The average Bonchev–Trinajstić information content (AvgIpc) is 3.16. The van der Waals surface area contributed by atoms with Crippen LogP contribution in [-0.4, -0.2) is 139 Å². The van der Waals surface area contributed by atoms with E-state index in [1.807, 2.05) is 30.1 Å². The number of likely N-dealkylation sites (tertiary alicyclic amines) is 1. The Morgan fingerprint density at radius 1 is 0.882 bits per heavy atom. The Morgan fingerprint density at radius 2 is 1.73 bits per heavy atom. The van der Waals surface area contributed by atoms with Crippen LogP contribution in [0.4, 0.5) is 30.8 Å². The van der Waals surface area contributed by atoms with Crippen molar-refractivity contribution in [2.45, 2.75) is 120 Å². The molecule has 8 aliphatic rings. The van der Waals surface area contributed by atoms with E-state index < -0.39 is 23.5 Å². The molecule has 4 atom stereocenters. The largest absolute Gasteiger partial charge is 0.461 e. The average molecular weight is 1150 g/mol. The third-order valence-electron chi connectivity index (χ3n) is 20.5. The van der Waals surface area contributed by atoms with Crippen molar-refractivity contribution in [1.82, 2.24) is 30.1 Å². The summed E-state index contributed by atoms with van der Waals surface area (Å²) < 4.78 is 51.7. The highest BCUT2D eigenvalue weighted by atomic mass is 19.1. The van der Waals surface area contributed by atoms with Crippen molar-refractivity contribution in [2.24, 2.45) is 11.3 Å². The van der Waals surface area contributed by atoms with E-state index in [9.17, 15) is 14.4 Å². The minimum absolute atomic E-state index is 0.00794. The van der Waals surface area contributed by atoms with Gasteiger partial charge in [0.25, 0.3) is 0 Å². The molecular formula is C67H72F2N10O6. The lowest BCUT2D eigenvalue weighted by Gasteiger charge is -2.39. The first-order valence-electron chi connectivity index (χ1n) is 30.7. The highest BCUT2D eigenvalue weighted by molar-refractivity contribution is 6.17. The zero-order chi connectivity index (χ0) is 58.1. The van der Waals surface area contributed by atoms with Gasteiger partial charge in [0, 0.05) is 86.7 Å². The number of terminal acetylenes is 1. The number of imide groups is 1. The topological polar surface area (TPSA) is 178 Å². The summed E-state index contributed by atoms with van der Waals surface area (Å²) in [5.74, 6) is 1.03. The van der Waals surface area contributed by atoms with Gasteiger partial charge in [0.15, 0.2) is 5.82 Å². The van der Waals surface area contributed by atoms with Crippen LogP contribution >= 0.6 is 0 Å². The number of rotatable bonds is 11. The molecule has 1 unspecified atom stereocenters. The van der Waals surface area contributed by atoms with Gasteiger partial charge >= 0.3 is 12.1 Å². The zero-order valence-corrected chi connectivity index (χ0v) is 48.3. The number of anilines is 3. The first-order valence-corrected chi connectivity index (χ1v) is 30.7. The lowest BCUT2D eigenvalue weighted by molar-refractivity contribution is -0.134. The van der Waals surface area contributed by atoms with E-state index in [0.717, 1.165) is 102 Å². The molecule has 1 aliphatic carbocycles. The summed E-state index contributed by atoms with van der Waals surface area (Å²) in [5.41, 5.74) is 8.20. The minimum Gasteiger partial charge on any atom is -0.461 e. The lowest BCUT2D eigenvalue weighted by Crippen LogP contribution is -2.49. The molecule has 14 rings (SSSR count). The number of pyridine rings is 1. The standard InChI is InChI=1S/C67H72F2N10O6/c1-3-48-52(68)16-11-41-7-4-8-50(56(41)48)60-58(69)61-57-53(72-60)17-13-46-37-83-32-6-26-78(46)62(57)75-64(74-61)85-39-67-22-5-27-79(67)47(19-23-67)38-84-65(82)77-30-24-66(25-31-77)35-43-10-9-42(33-44(43)36-66)40-20-28-76(29-21-40)45-12-14-49(54(34-45)71-2)59(70)51-15-18-55(80)73-63(51)81/h1,4,7-12,14,16,33-34,40,46-47,51,70-71H,5-6,13,15,17-32,35-39H2,2H3,(H,73,80,81)/t46-,47-,51?,67-/m0/s1. The number of amides is 3. The molecule has 6 fully saturated rings. The number of nitrogens with one attached hydrogen (secondary N) is 3. The second-order valence-corrected chi connectivity index (χ2v) is 25.2. The van der Waals surface area contributed by atoms with Crippen LogP contribution in [0.3, 0.4) is 0 Å². The van der Waals surface area contributed by atoms with Gasteiger partial charge in [0.1, 0.15) is 36.1 Å². The van der Waals surface area contributed by atoms with Gasteiger partial charge in [-0.25, -0.2) is 18.6 Å². The number of carbonyl (C=O) groups excluding carboxylic acids is 3. The normalized spacial score (nSPS) is 23.9. The molecule has 440 valence electrons.